The van der Waals surface area contributed by atoms with Crippen LogP contribution in [-0.4, -0.2) is 53.9 Å². The highest BCUT2D eigenvalue weighted by molar-refractivity contribution is 5.84. The first-order chi connectivity index (χ1) is 13.7. The lowest BCUT2D eigenvalue weighted by Crippen LogP contribution is -2.57. The standard InChI is InChI=1S/C22H30N4O2/c1-28-20-6-3-2-5-19(20)17-18-7-15-25(16-8-18)21(27)22(9-12-23-13-10-22)26-14-4-11-24-26/h2-6,11,14,18,23H,7-10,12-13,15-17H2,1H3. The zero-order chi connectivity index (χ0) is 19.4. The SMILES string of the molecule is COc1ccccc1CC1CCN(C(=O)C2(n3cccn3)CCNCC2)CC1. The van der Waals surface area contributed by atoms with Gasteiger partial charge in [-0.05, 0) is 68.8 Å². The second kappa shape index (κ2) is 8.35. The predicted octanol–water partition coefficient (Wildman–Crippen LogP) is 2.45. The summed E-state index contributed by atoms with van der Waals surface area (Å²) in [6.07, 6.45) is 8.41. The van der Waals surface area contributed by atoms with E-state index in [0.717, 1.165) is 64.0 Å². The number of carbonyl (C=O) groups is 1. The molecule has 4 rings (SSSR count). The zero-order valence-corrected chi connectivity index (χ0v) is 16.6. The van der Waals surface area contributed by atoms with Gasteiger partial charge in [-0.1, -0.05) is 18.2 Å². The molecule has 2 aliphatic heterocycles. The number of piperidine rings is 2. The Hall–Kier alpha value is -2.34. The van der Waals surface area contributed by atoms with Crippen molar-refractivity contribution in [3.8, 4) is 5.75 Å². The summed E-state index contributed by atoms with van der Waals surface area (Å²) in [6, 6.07) is 10.2. The number of likely N-dealkylation sites (tertiary alicyclic amines) is 1. The van der Waals surface area contributed by atoms with Crippen LogP contribution in [0, 0.1) is 5.92 Å². The Morgan fingerprint density at radius 2 is 1.96 bits per heavy atom. The van der Waals surface area contributed by atoms with Gasteiger partial charge in [0.2, 0.25) is 0 Å². The van der Waals surface area contributed by atoms with E-state index in [1.807, 2.05) is 29.1 Å². The molecule has 2 saturated heterocycles. The number of ether oxygens (including phenoxy) is 1. The summed E-state index contributed by atoms with van der Waals surface area (Å²) in [6.45, 7) is 3.37. The van der Waals surface area contributed by atoms with Crippen molar-refractivity contribution in [3.63, 3.8) is 0 Å². The summed E-state index contributed by atoms with van der Waals surface area (Å²) in [5.41, 5.74) is 0.741. The first kappa shape index (κ1) is 19.0. The Morgan fingerprint density at radius 1 is 1.21 bits per heavy atom. The minimum absolute atomic E-state index is 0.244. The van der Waals surface area contributed by atoms with E-state index in [4.69, 9.17) is 4.74 Å². The molecule has 0 radical (unpaired) electrons. The maximum Gasteiger partial charge on any atom is 0.250 e. The fraction of sp³-hybridized carbons (Fsp3) is 0.545. The van der Waals surface area contributed by atoms with Gasteiger partial charge in [0.15, 0.2) is 0 Å². The molecule has 0 saturated carbocycles. The number of para-hydroxylation sites is 1. The van der Waals surface area contributed by atoms with Crippen LogP contribution in [0.4, 0.5) is 0 Å². The van der Waals surface area contributed by atoms with Crippen LogP contribution in [0.25, 0.3) is 0 Å². The van der Waals surface area contributed by atoms with E-state index in [1.54, 1.807) is 13.3 Å². The minimum Gasteiger partial charge on any atom is -0.496 e. The third-order valence-electron chi connectivity index (χ3n) is 6.37. The molecule has 150 valence electrons. The zero-order valence-electron chi connectivity index (χ0n) is 16.6. The van der Waals surface area contributed by atoms with Gasteiger partial charge in [0.1, 0.15) is 11.3 Å². The first-order valence-corrected chi connectivity index (χ1v) is 10.3. The molecule has 1 aromatic heterocycles. The van der Waals surface area contributed by atoms with Crippen molar-refractivity contribution in [1.82, 2.24) is 20.0 Å². The number of hydrogen-bond acceptors (Lipinski definition) is 4. The third kappa shape index (κ3) is 3.65. The summed E-state index contributed by atoms with van der Waals surface area (Å²) in [5.74, 6) is 1.80. The molecule has 1 amide bonds. The Bertz CT molecular complexity index is 776. The van der Waals surface area contributed by atoms with Gasteiger partial charge in [-0.3, -0.25) is 9.48 Å². The summed E-state index contributed by atoms with van der Waals surface area (Å²) < 4.78 is 7.40. The molecule has 0 atom stereocenters. The van der Waals surface area contributed by atoms with Crippen LogP contribution in [0.5, 0.6) is 5.75 Å². The number of rotatable bonds is 5. The summed E-state index contributed by atoms with van der Waals surface area (Å²) >= 11 is 0. The number of carbonyl (C=O) groups excluding carboxylic acids is 1. The number of methoxy groups -OCH3 is 1. The highest BCUT2D eigenvalue weighted by Crippen LogP contribution is 2.32. The normalized spacial score (nSPS) is 20.1. The highest BCUT2D eigenvalue weighted by Gasteiger charge is 2.45. The van der Waals surface area contributed by atoms with E-state index in [-0.39, 0.29) is 5.91 Å². The van der Waals surface area contributed by atoms with Crippen LogP contribution in [0.2, 0.25) is 0 Å². The van der Waals surface area contributed by atoms with Crippen LogP contribution in [0.15, 0.2) is 42.7 Å². The highest BCUT2D eigenvalue weighted by atomic mass is 16.5. The molecule has 6 nitrogen and oxygen atoms in total. The van der Waals surface area contributed by atoms with Gasteiger partial charge in [-0.25, -0.2) is 0 Å². The lowest BCUT2D eigenvalue weighted by molar-refractivity contribution is -0.144. The molecule has 0 aliphatic carbocycles. The molecule has 2 aliphatic rings. The molecule has 1 N–H and O–H groups in total. The monoisotopic (exact) mass is 382 g/mol. The molecular formula is C22H30N4O2. The smallest absolute Gasteiger partial charge is 0.250 e. The van der Waals surface area contributed by atoms with Crippen LogP contribution in [-0.2, 0) is 16.8 Å². The van der Waals surface area contributed by atoms with Crippen molar-refractivity contribution in [2.45, 2.75) is 37.6 Å². The fourth-order valence-corrected chi connectivity index (χ4v) is 4.72. The van der Waals surface area contributed by atoms with Crippen LogP contribution >= 0.6 is 0 Å². The van der Waals surface area contributed by atoms with Gasteiger partial charge in [0, 0.05) is 25.5 Å². The molecule has 28 heavy (non-hydrogen) atoms. The maximum atomic E-state index is 13.6. The van der Waals surface area contributed by atoms with Gasteiger partial charge in [0.05, 0.1) is 7.11 Å². The van der Waals surface area contributed by atoms with E-state index >= 15 is 0 Å². The van der Waals surface area contributed by atoms with Crippen molar-refractivity contribution in [1.29, 1.82) is 0 Å². The predicted molar refractivity (Wildman–Crippen MR) is 108 cm³/mol. The molecule has 1 aromatic carbocycles. The van der Waals surface area contributed by atoms with Gasteiger partial charge in [-0.2, -0.15) is 5.10 Å². The third-order valence-corrected chi connectivity index (χ3v) is 6.37. The largest absolute Gasteiger partial charge is 0.496 e. The molecular weight excluding hydrogens is 352 g/mol. The summed E-state index contributed by atoms with van der Waals surface area (Å²) in [4.78, 5) is 15.6. The quantitative estimate of drug-likeness (QED) is 0.863. The van der Waals surface area contributed by atoms with Gasteiger partial charge in [0.25, 0.3) is 5.91 Å². The number of aromatic nitrogens is 2. The Kier molecular flexibility index (Phi) is 5.67. The van der Waals surface area contributed by atoms with Crippen LogP contribution < -0.4 is 10.1 Å². The molecule has 0 spiro atoms. The Labute approximate surface area is 166 Å². The van der Waals surface area contributed by atoms with Gasteiger partial charge in [-0.15, -0.1) is 0 Å². The fourth-order valence-electron chi connectivity index (χ4n) is 4.72. The average Bonchev–Trinajstić information content (AvgIpc) is 3.30. The maximum absolute atomic E-state index is 13.6. The van der Waals surface area contributed by atoms with E-state index in [2.05, 4.69) is 27.4 Å². The second-order valence-corrected chi connectivity index (χ2v) is 7.98. The number of nitrogens with one attached hydrogen (secondary N) is 1. The summed E-state index contributed by atoms with van der Waals surface area (Å²) in [5, 5.41) is 7.83. The van der Waals surface area contributed by atoms with Crippen molar-refractivity contribution in [3.05, 3.63) is 48.3 Å². The van der Waals surface area contributed by atoms with E-state index < -0.39 is 5.54 Å². The number of nitrogens with zero attached hydrogens (tertiary/aromatic N) is 3. The molecule has 0 unspecified atom stereocenters. The molecule has 0 bridgehead atoms. The van der Waals surface area contributed by atoms with Crippen molar-refractivity contribution in [2.75, 3.05) is 33.3 Å². The molecule has 2 fully saturated rings. The number of hydrogen-bond donors (Lipinski definition) is 1. The Balaban J connectivity index is 1.42. The van der Waals surface area contributed by atoms with Crippen molar-refractivity contribution < 1.29 is 9.53 Å². The molecule has 6 heteroatoms. The Morgan fingerprint density at radius 3 is 2.64 bits per heavy atom. The van der Waals surface area contributed by atoms with E-state index in [0.29, 0.717) is 5.92 Å². The number of benzene rings is 1. The van der Waals surface area contributed by atoms with Gasteiger partial charge >= 0.3 is 0 Å². The summed E-state index contributed by atoms with van der Waals surface area (Å²) in [7, 11) is 1.73. The van der Waals surface area contributed by atoms with Crippen molar-refractivity contribution >= 4 is 5.91 Å². The first-order valence-electron chi connectivity index (χ1n) is 10.3. The van der Waals surface area contributed by atoms with E-state index in [1.165, 1.54) is 5.56 Å². The number of amides is 1. The topological polar surface area (TPSA) is 59.4 Å². The molecule has 3 heterocycles. The van der Waals surface area contributed by atoms with E-state index in [9.17, 15) is 4.79 Å². The van der Waals surface area contributed by atoms with Crippen molar-refractivity contribution in [2.24, 2.45) is 5.92 Å². The minimum atomic E-state index is -0.524. The molecule has 2 aromatic rings. The van der Waals surface area contributed by atoms with Crippen LogP contribution in [0.3, 0.4) is 0 Å². The lowest BCUT2D eigenvalue weighted by Gasteiger charge is -2.42. The lowest BCUT2D eigenvalue weighted by atomic mass is 9.84. The van der Waals surface area contributed by atoms with Gasteiger partial charge < -0.3 is 15.0 Å². The average molecular weight is 383 g/mol. The van der Waals surface area contributed by atoms with Crippen LogP contribution in [0.1, 0.15) is 31.2 Å². The second-order valence-electron chi connectivity index (χ2n) is 7.98.